The summed E-state index contributed by atoms with van der Waals surface area (Å²) in [4.78, 5) is 4.47. The summed E-state index contributed by atoms with van der Waals surface area (Å²) in [6.45, 7) is -0.682. The van der Waals surface area contributed by atoms with Crippen LogP contribution in [0.4, 0.5) is 14.5 Å². The maximum absolute atomic E-state index is 12.6. The van der Waals surface area contributed by atoms with Gasteiger partial charge in [-0.15, -0.1) is 0 Å². The van der Waals surface area contributed by atoms with Gasteiger partial charge in [-0.2, -0.15) is 13.9 Å². The Morgan fingerprint density at radius 1 is 1.00 bits per heavy atom. The second kappa shape index (κ2) is 5.55. The molecule has 0 fully saturated rings. The first kappa shape index (κ1) is 14.2. The zero-order chi connectivity index (χ0) is 15.7. The number of alkyl halides is 2. The molecule has 3 aromatic rings. The Balaban J connectivity index is 2.04. The average molecular weight is 300 g/mol. The van der Waals surface area contributed by atoms with Gasteiger partial charge in [0.25, 0.3) is 0 Å². The van der Waals surface area contributed by atoms with E-state index in [1.165, 1.54) is 12.3 Å². The molecular formula is C16H14F2N4. The molecule has 2 N–H and O–H groups in total. The number of nitrogens with zero attached hydrogens (tertiary/aromatic N) is 3. The summed E-state index contributed by atoms with van der Waals surface area (Å²) in [7, 11) is 0. The van der Waals surface area contributed by atoms with Gasteiger partial charge in [-0.1, -0.05) is 29.8 Å². The first-order valence-electron chi connectivity index (χ1n) is 6.72. The van der Waals surface area contributed by atoms with Crippen molar-refractivity contribution in [2.75, 3.05) is 5.73 Å². The van der Waals surface area contributed by atoms with Gasteiger partial charge in [0, 0.05) is 11.8 Å². The van der Waals surface area contributed by atoms with Crippen molar-refractivity contribution in [3.05, 3.63) is 54.2 Å². The number of nitrogens with two attached hydrogens (primary N) is 1. The highest BCUT2D eigenvalue weighted by atomic mass is 19.3. The minimum Gasteiger partial charge on any atom is -0.397 e. The molecule has 0 aliphatic carbocycles. The fourth-order valence-corrected chi connectivity index (χ4v) is 2.13. The number of aromatic nitrogens is 3. The number of nitrogen functional groups attached to an aromatic ring is 1. The molecule has 6 heteroatoms. The molecule has 2 aromatic heterocycles. The van der Waals surface area contributed by atoms with Crippen LogP contribution in [-0.2, 0) is 0 Å². The van der Waals surface area contributed by atoms with E-state index in [9.17, 15) is 8.78 Å². The first-order valence-corrected chi connectivity index (χ1v) is 6.72. The molecule has 0 atom stereocenters. The number of aryl methyl sites for hydroxylation is 1. The third-order valence-electron chi connectivity index (χ3n) is 3.32. The number of hydrogen-bond acceptors (Lipinski definition) is 3. The zero-order valence-corrected chi connectivity index (χ0v) is 11.9. The Bertz CT molecular complexity index is 794. The summed E-state index contributed by atoms with van der Waals surface area (Å²) < 4.78 is 25.8. The zero-order valence-electron chi connectivity index (χ0n) is 11.9. The number of benzene rings is 1. The van der Waals surface area contributed by atoms with E-state index in [-0.39, 0.29) is 0 Å². The molecule has 0 aliphatic rings. The van der Waals surface area contributed by atoms with E-state index >= 15 is 0 Å². The first-order chi connectivity index (χ1) is 10.5. The Kier molecular flexibility index (Phi) is 3.58. The van der Waals surface area contributed by atoms with Crippen molar-refractivity contribution in [3.63, 3.8) is 0 Å². The summed E-state index contributed by atoms with van der Waals surface area (Å²) in [6.07, 6.45) is 1.21. The monoisotopic (exact) mass is 300 g/mol. The summed E-state index contributed by atoms with van der Waals surface area (Å²) in [5.74, 6) is 0. The van der Waals surface area contributed by atoms with Crippen molar-refractivity contribution in [3.8, 4) is 22.6 Å². The largest absolute Gasteiger partial charge is 0.397 e. The van der Waals surface area contributed by atoms with E-state index in [0.717, 1.165) is 16.8 Å². The van der Waals surface area contributed by atoms with Crippen LogP contribution < -0.4 is 5.73 Å². The fraction of sp³-hybridized carbons (Fsp3) is 0.125. The molecule has 1 aromatic carbocycles. The van der Waals surface area contributed by atoms with Crippen molar-refractivity contribution in [2.45, 2.75) is 13.5 Å². The van der Waals surface area contributed by atoms with Gasteiger partial charge < -0.3 is 5.73 Å². The quantitative estimate of drug-likeness (QED) is 0.798. The highest BCUT2D eigenvalue weighted by Gasteiger charge is 2.13. The Morgan fingerprint density at radius 3 is 2.36 bits per heavy atom. The summed E-state index contributed by atoms with van der Waals surface area (Å²) in [6, 6.07) is 12.9. The van der Waals surface area contributed by atoms with Crippen LogP contribution >= 0.6 is 0 Å². The van der Waals surface area contributed by atoms with Crippen molar-refractivity contribution >= 4 is 5.69 Å². The maximum atomic E-state index is 12.6. The van der Waals surface area contributed by atoms with Crippen LogP contribution in [0, 0.1) is 6.92 Å². The number of pyridine rings is 1. The SMILES string of the molecule is Cc1ccc(-c2ccc(N)c(-c3ccn(C(F)F)n3)n2)cc1. The van der Waals surface area contributed by atoms with Gasteiger partial charge in [0.05, 0.1) is 11.4 Å². The predicted molar refractivity (Wildman–Crippen MR) is 81.3 cm³/mol. The van der Waals surface area contributed by atoms with Gasteiger partial charge >= 0.3 is 6.55 Å². The normalized spacial score (nSPS) is 11.1. The fourth-order valence-electron chi connectivity index (χ4n) is 2.13. The molecule has 2 heterocycles. The number of anilines is 1. The maximum Gasteiger partial charge on any atom is 0.333 e. The standard InChI is InChI=1S/C16H14F2N4/c1-10-2-4-11(5-3-10)13-7-6-12(19)15(20-13)14-8-9-22(21-14)16(17)18/h2-9,16H,19H2,1H3. The van der Waals surface area contributed by atoms with Crippen LogP contribution in [0.3, 0.4) is 0 Å². The molecule has 0 spiro atoms. The van der Waals surface area contributed by atoms with Gasteiger partial charge in [-0.25, -0.2) is 9.67 Å². The average Bonchev–Trinajstić information content (AvgIpc) is 2.99. The molecule has 0 aliphatic heterocycles. The van der Waals surface area contributed by atoms with Crippen molar-refractivity contribution in [1.29, 1.82) is 0 Å². The lowest BCUT2D eigenvalue weighted by atomic mass is 10.1. The Morgan fingerprint density at radius 2 is 1.73 bits per heavy atom. The summed E-state index contributed by atoms with van der Waals surface area (Å²) >= 11 is 0. The highest BCUT2D eigenvalue weighted by molar-refractivity contribution is 5.73. The molecular weight excluding hydrogens is 286 g/mol. The van der Waals surface area contributed by atoms with Crippen molar-refractivity contribution < 1.29 is 8.78 Å². The van der Waals surface area contributed by atoms with Gasteiger partial charge in [-0.3, -0.25) is 0 Å². The van der Waals surface area contributed by atoms with Crippen LogP contribution in [0.15, 0.2) is 48.7 Å². The lowest BCUT2D eigenvalue weighted by Crippen LogP contribution is -2.00. The van der Waals surface area contributed by atoms with Crippen molar-refractivity contribution in [2.24, 2.45) is 0 Å². The van der Waals surface area contributed by atoms with E-state index < -0.39 is 6.55 Å². The van der Waals surface area contributed by atoms with E-state index in [0.29, 0.717) is 21.8 Å². The van der Waals surface area contributed by atoms with E-state index in [1.54, 1.807) is 12.1 Å². The number of hydrogen-bond donors (Lipinski definition) is 1. The molecule has 0 unspecified atom stereocenters. The Hall–Kier alpha value is -2.76. The van der Waals surface area contributed by atoms with Gasteiger partial charge in [0.2, 0.25) is 0 Å². The molecule has 22 heavy (non-hydrogen) atoms. The Labute approximate surface area is 126 Å². The van der Waals surface area contributed by atoms with E-state index in [4.69, 9.17) is 5.73 Å². The molecule has 0 amide bonds. The van der Waals surface area contributed by atoms with E-state index in [2.05, 4.69) is 10.1 Å². The minimum absolute atomic E-state index is 0.326. The molecule has 0 saturated heterocycles. The van der Waals surface area contributed by atoms with Crippen LogP contribution in [-0.4, -0.2) is 14.8 Å². The lowest BCUT2D eigenvalue weighted by molar-refractivity contribution is 0.0568. The van der Waals surface area contributed by atoms with Gasteiger partial charge in [0.15, 0.2) is 0 Å². The molecule has 112 valence electrons. The number of rotatable bonds is 3. The second-order valence-corrected chi connectivity index (χ2v) is 4.96. The van der Waals surface area contributed by atoms with E-state index in [1.807, 2.05) is 31.2 Å². The lowest BCUT2D eigenvalue weighted by Gasteiger charge is -2.07. The van der Waals surface area contributed by atoms with Gasteiger partial charge in [0.1, 0.15) is 11.4 Å². The molecule has 4 nitrogen and oxygen atoms in total. The number of halogens is 2. The smallest absolute Gasteiger partial charge is 0.333 e. The highest BCUT2D eigenvalue weighted by Crippen LogP contribution is 2.27. The minimum atomic E-state index is -2.68. The molecule has 0 saturated carbocycles. The summed E-state index contributed by atoms with van der Waals surface area (Å²) in [5.41, 5.74) is 9.83. The predicted octanol–water partition coefficient (Wildman–Crippen LogP) is 3.90. The van der Waals surface area contributed by atoms with Crippen LogP contribution in [0.2, 0.25) is 0 Å². The topological polar surface area (TPSA) is 56.7 Å². The van der Waals surface area contributed by atoms with Crippen LogP contribution in [0.5, 0.6) is 0 Å². The third kappa shape index (κ3) is 2.67. The van der Waals surface area contributed by atoms with Gasteiger partial charge in [-0.05, 0) is 25.1 Å². The molecule has 0 bridgehead atoms. The van der Waals surface area contributed by atoms with Crippen molar-refractivity contribution in [1.82, 2.24) is 14.8 Å². The molecule has 0 radical (unpaired) electrons. The summed E-state index contributed by atoms with van der Waals surface area (Å²) in [5, 5.41) is 3.81. The van der Waals surface area contributed by atoms with Crippen LogP contribution in [0.25, 0.3) is 22.6 Å². The van der Waals surface area contributed by atoms with Crippen LogP contribution in [0.1, 0.15) is 12.1 Å². The molecule has 3 rings (SSSR count). The third-order valence-corrected chi connectivity index (χ3v) is 3.32. The second-order valence-electron chi connectivity index (χ2n) is 4.96.